The van der Waals surface area contributed by atoms with Crippen molar-refractivity contribution in [2.24, 2.45) is 4.99 Å². The molecule has 2 N–H and O–H groups in total. The quantitative estimate of drug-likeness (QED) is 0.435. The van der Waals surface area contributed by atoms with E-state index in [0.717, 1.165) is 34.3 Å². The number of thiazole rings is 1. The number of aromatic nitrogens is 2. The van der Waals surface area contributed by atoms with Crippen LogP contribution in [0.4, 0.5) is 0 Å². The molecule has 0 radical (unpaired) electrons. The molecule has 3 rings (SSSR count). The number of aryl methyl sites for hydroxylation is 2. The molecule has 1 aromatic carbocycles. The summed E-state index contributed by atoms with van der Waals surface area (Å²) in [5.74, 6) is 1.39. The number of ether oxygens (including phenoxy) is 1. The molecule has 7 heteroatoms. The van der Waals surface area contributed by atoms with Crippen molar-refractivity contribution in [3.05, 3.63) is 75.4 Å². The lowest BCUT2D eigenvalue weighted by molar-refractivity contribution is 0.293. The summed E-state index contributed by atoms with van der Waals surface area (Å²) in [5, 5.41) is 7.76. The average Bonchev–Trinajstić information content (AvgIpc) is 3.06. The zero-order valence-corrected chi connectivity index (χ0v) is 17.9. The van der Waals surface area contributed by atoms with Gasteiger partial charge in [-0.1, -0.05) is 30.3 Å². The molecule has 2 aromatic heterocycles. The third kappa shape index (κ3) is 6.57. The van der Waals surface area contributed by atoms with Gasteiger partial charge in [0, 0.05) is 23.7 Å². The number of rotatable bonds is 8. The summed E-state index contributed by atoms with van der Waals surface area (Å²) in [6, 6.07) is 14.0. The SMILES string of the molecule is CCNC(=NCc1ccnc(OCc2ccccc2)c1)NCc1sc(C)nc1C. The zero-order valence-electron chi connectivity index (χ0n) is 17.1. The van der Waals surface area contributed by atoms with Crippen molar-refractivity contribution in [2.75, 3.05) is 6.54 Å². The number of pyridine rings is 1. The highest BCUT2D eigenvalue weighted by Gasteiger charge is 2.06. The zero-order chi connectivity index (χ0) is 20.5. The van der Waals surface area contributed by atoms with Gasteiger partial charge in [-0.05, 0) is 38.0 Å². The first-order valence-corrected chi connectivity index (χ1v) is 10.5. The number of nitrogens with zero attached hydrogens (tertiary/aromatic N) is 3. The van der Waals surface area contributed by atoms with Crippen molar-refractivity contribution >= 4 is 17.3 Å². The highest BCUT2D eigenvalue weighted by molar-refractivity contribution is 7.11. The van der Waals surface area contributed by atoms with Crippen LogP contribution in [0.1, 0.15) is 33.6 Å². The predicted octanol–water partition coefficient (Wildman–Crippen LogP) is 3.99. The Balaban J connectivity index is 1.59. The number of guanidine groups is 1. The Labute approximate surface area is 176 Å². The molecule has 152 valence electrons. The minimum absolute atomic E-state index is 0.498. The Morgan fingerprint density at radius 1 is 1.10 bits per heavy atom. The highest BCUT2D eigenvalue weighted by Crippen LogP contribution is 2.16. The molecular formula is C22H27N5OS. The molecule has 0 fully saturated rings. The Bertz CT molecular complexity index is 939. The first kappa shape index (κ1) is 20.8. The van der Waals surface area contributed by atoms with Crippen LogP contribution in [0.5, 0.6) is 5.88 Å². The monoisotopic (exact) mass is 409 g/mol. The Morgan fingerprint density at radius 2 is 1.93 bits per heavy atom. The summed E-state index contributed by atoms with van der Waals surface area (Å²) in [6.07, 6.45) is 1.76. The molecule has 29 heavy (non-hydrogen) atoms. The van der Waals surface area contributed by atoms with Crippen molar-refractivity contribution in [3.63, 3.8) is 0 Å². The summed E-state index contributed by atoms with van der Waals surface area (Å²) in [7, 11) is 0. The largest absolute Gasteiger partial charge is 0.473 e. The van der Waals surface area contributed by atoms with Gasteiger partial charge in [0.05, 0.1) is 23.8 Å². The maximum atomic E-state index is 5.81. The third-order valence-corrected chi connectivity index (χ3v) is 5.28. The van der Waals surface area contributed by atoms with Gasteiger partial charge >= 0.3 is 0 Å². The van der Waals surface area contributed by atoms with Gasteiger partial charge in [0.1, 0.15) is 6.61 Å². The van der Waals surface area contributed by atoms with Crippen LogP contribution in [-0.4, -0.2) is 22.5 Å². The second-order valence-electron chi connectivity index (χ2n) is 6.57. The standard InChI is InChI=1S/C22H27N5OS/c1-4-23-22(26-14-20-16(2)27-17(3)29-20)25-13-19-10-11-24-21(12-19)28-15-18-8-6-5-7-9-18/h5-12H,4,13-15H2,1-3H3,(H2,23,25,26). The van der Waals surface area contributed by atoms with Crippen LogP contribution in [0.3, 0.4) is 0 Å². The predicted molar refractivity (Wildman–Crippen MR) is 118 cm³/mol. The van der Waals surface area contributed by atoms with E-state index in [1.54, 1.807) is 17.5 Å². The Morgan fingerprint density at radius 3 is 2.66 bits per heavy atom. The van der Waals surface area contributed by atoms with Crippen LogP contribution in [0, 0.1) is 13.8 Å². The van der Waals surface area contributed by atoms with Gasteiger partial charge in [-0.2, -0.15) is 0 Å². The molecule has 0 atom stereocenters. The van der Waals surface area contributed by atoms with Crippen molar-refractivity contribution in [3.8, 4) is 5.88 Å². The number of benzene rings is 1. The molecule has 0 aliphatic carbocycles. The van der Waals surface area contributed by atoms with Gasteiger partial charge in [0.15, 0.2) is 5.96 Å². The fourth-order valence-corrected chi connectivity index (χ4v) is 3.65. The molecule has 2 heterocycles. The maximum Gasteiger partial charge on any atom is 0.213 e. The first-order chi connectivity index (χ1) is 14.1. The van der Waals surface area contributed by atoms with E-state index < -0.39 is 0 Å². The molecule has 0 spiro atoms. The Hall–Kier alpha value is -2.93. The van der Waals surface area contributed by atoms with Crippen LogP contribution in [0.25, 0.3) is 0 Å². The second-order valence-corrected chi connectivity index (χ2v) is 7.85. The lowest BCUT2D eigenvalue weighted by Crippen LogP contribution is -2.36. The Kier molecular flexibility index (Phi) is 7.58. The van der Waals surface area contributed by atoms with Gasteiger partial charge in [-0.15, -0.1) is 11.3 Å². The summed E-state index contributed by atoms with van der Waals surface area (Å²) in [5.41, 5.74) is 3.24. The van der Waals surface area contributed by atoms with E-state index in [4.69, 9.17) is 4.74 Å². The minimum atomic E-state index is 0.498. The van der Waals surface area contributed by atoms with Gasteiger partial charge < -0.3 is 15.4 Å². The van der Waals surface area contributed by atoms with Gasteiger partial charge in [-0.3, -0.25) is 0 Å². The van der Waals surface area contributed by atoms with Crippen molar-refractivity contribution < 1.29 is 4.74 Å². The topological polar surface area (TPSA) is 71.4 Å². The minimum Gasteiger partial charge on any atom is -0.473 e. The fraction of sp³-hybridized carbons (Fsp3) is 0.318. The second kappa shape index (κ2) is 10.6. The first-order valence-electron chi connectivity index (χ1n) is 9.70. The van der Waals surface area contributed by atoms with Gasteiger partial charge in [0.2, 0.25) is 5.88 Å². The van der Waals surface area contributed by atoms with Crippen molar-refractivity contribution in [1.82, 2.24) is 20.6 Å². The van der Waals surface area contributed by atoms with Crippen LogP contribution in [0.2, 0.25) is 0 Å². The number of aliphatic imine (C=N–C) groups is 1. The van der Waals surface area contributed by atoms with Gasteiger partial charge in [-0.25, -0.2) is 15.0 Å². The number of hydrogen-bond donors (Lipinski definition) is 2. The van der Waals surface area contributed by atoms with E-state index in [0.29, 0.717) is 25.6 Å². The normalized spacial score (nSPS) is 11.3. The molecule has 0 saturated heterocycles. The lowest BCUT2D eigenvalue weighted by Gasteiger charge is -2.11. The van der Waals surface area contributed by atoms with E-state index >= 15 is 0 Å². The maximum absolute atomic E-state index is 5.81. The summed E-state index contributed by atoms with van der Waals surface area (Å²) < 4.78 is 5.81. The van der Waals surface area contributed by atoms with E-state index in [-0.39, 0.29) is 0 Å². The summed E-state index contributed by atoms with van der Waals surface area (Å²) in [6.45, 7) is 8.68. The third-order valence-electron chi connectivity index (χ3n) is 4.21. The molecule has 0 saturated carbocycles. The summed E-state index contributed by atoms with van der Waals surface area (Å²) >= 11 is 1.71. The number of nitrogens with one attached hydrogen (secondary N) is 2. The van der Waals surface area contributed by atoms with Crippen LogP contribution >= 0.6 is 11.3 Å². The molecule has 0 aliphatic rings. The van der Waals surface area contributed by atoms with E-state index in [2.05, 4.69) is 32.5 Å². The molecule has 0 aliphatic heterocycles. The fourth-order valence-electron chi connectivity index (χ4n) is 2.77. The molecule has 3 aromatic rings. The van der Waals surface area contributed by atoms with Gasteiger partial charge in [0.25, 0.3) is 0 Å². The number of hydrogen-bond acceptors (Lipinski definition) is 5. The highest BCUT2D eigenvalue weighted by atomic mass is 32.1. The lowest BCUT2D eigenvalue weighted by atomic mass is 10.2. The molecule has 0 unspecified atom stereocenters. The van der Waals surface area contributed by atoms with Crippen LogP contribution < -0.4 is 15.4 Å². The van der Waals surface area contributed by atoms with Crippen molar-refractivity contribution in [1.29, 1.82) is 0 Å². The van der Waals surface area contributed by atoms with Crippen LogP contribution in [0.15, 0.2) is 53.7 Å². The van der Waals surface area contributed by atoms with E-state index in [1.807, 2.05) is 56.3 Å². The molecular weight excluding hydrogens is 382 g/mol. The summed E-state index contributed by atoms with van der Waals surface area (Å²) in [4.78, 5) is 14.7. The molecule has 0 amide bonds. The van der Waals surface area contributed by atoms with E-state index in [1.165, 1.54) is 4.88 Å². The smallest absolute Gasteiger partial charge is 0.213 e. The van der Waals surface area contributed by atoms with Crippen molar-refractivity contribution in [2.45, 2.75) is 40.5 Å². The molecule has 0 bridgehead atoms. The molecule has 6 nitrogen and oxygen atoms in total. The van der Waals surface area contributed by atoms with E-state index in [9.17, 15) is 0 Å². The average molecular weight is 410 g/mol. The van der Waals surface area contributed by atoms with Crippen LogP contribution in [-0.2, 0) is 19.7 Å².